The minimum absolute atomic E-state index is 1.19. The maximum absolute atomic E-state index is 2.87. The van der Waals surface area contributed by atoms with E-state index in [1.165, 1.54) is 71.0 Å². The summed E-state index contributed by atoms with van der Waals surface area (Å²) in [6.45, 7) is 2.29. The Labute approximate surface area is 192 Å². The molecule has 0 saturated heterocycles. The Bertz CT molecular complexity index is 771. The second-order valence-corrected chi connectivity index (χ2v) is 16.3. The first-order valence-corrected chi connectivity index (χ1v) is 16.6. The van der Waals surface area contributed by atoms with E-state index in [1.54, 1.807) is 0 Å². The van der Waals surface area contributed by atoms with Gasteiger partial charge in [0.15, 0.2) is 0 Å². The van der Waals surface area contributed by atoms with Gasteiger partial charge in [-0.3, -0.25) is 0 Å². The van der Waals surface area contributed by atoms with Crippen molar-refractivity contribution >= 4 is 26.5 Å². The number of hydrogen-bond donors (Lipinski definition) is 0. The van der Waals surface area contributed by atoms with Crippen LogP contribution in [-0.2, 0) is 0 Å². The Morgan fingerprint density at radius 3 is 1.32 bits per heavy atom. The molecule has 0 heterocycles. The quantitative estimate of drug-likeness (QED) is 0.190. The van der Waals surface area contributed by atoms with Crippen molar-refractivity contribution in [3.8, 4) is 0 Å². The van der Waals surface area contributed by atoms with Crippen molar-refractivity contribution in [2.75, 3.05) is 0 Å². The first kappa shape index (κ1) is 23.6. The molecule has 1 heteroatoms. The summed E-state index contributed by atoms with van der Waals surface area (Å²) in [5.74, 6) is 0. The Morgan fingerprint density at radius 1 is 0.516 bits per heavy atom. The SMILES string of the molecule is CCCCCCCCCC/C=[CH]\[Ge]([c]1ccccc1)([c]1ccccc1)[c]1ccccc1. The van der Waals surface area contributed by atoms with E-state index >= 15 is 0 Å². The molecule has 0 atom stereocenters. The van der Waals surface area contributed by atoms with E-state index in [-0.39, 0.29) is 0 Å². The number of benzene rings is 3. The maximum atomic E-state index is 2.64. The van der Waals surface area contributed by atoms with Crippen molar-refractivity contribution in [1.82, 2.24) is 0 Å². The Morgan fingerprint density at radius 2 is 0.903 bits per heavy atom. The summed E-state index contributed by atoms with van der Waals surface area (Å²) in [6, 6.07) is 33.7. The van der Waals surface area contributed by atoms with Crippen LogP contribution in [0.25, 0.3) is 0 Å². The second kappa shape index (κ2) is 13.4. The van der Waals surface area contributed by atoms with Gasteiger partial charge in [0, 0.05) is 0 Å². The average Bonchev–Trinajstić information content (AvgIpc) is 2.84. The molecule has 31 heavy (non-hydrogen) atoms. The average molecular weight is 471 g/mol. The molecule has 0 unspecified atom stereocenters. The van der Waals surface area contributed by atoms with Crippen LogP contribution in [-0.4, -0.2) is 13.3 Å². The third kappa shape index (κ3) is 6.71. The molecule has 3 rings (SSSR count). The zero-order valence-electron chi connectivity index (χ0n) is 19.2. The van der Waals surface area contributed by atoms with Crippen molar-refractivity contribution in [1.29, 1.82) is 0 Å². The molecule has 0 saturated carbocycles. The molecule has 0 fully saturated rings. The van der Waals surface area contributed by atoms with Crippen LogP contribution < -0.4 is 13.2 Å². The van der Waals surface area contributed by atoms with Gasteiger partial charge in [0.25, 0.3) is 0 Å². The first-order valence-electron chi connectivity index (χ1n) is 12.2. The van der Waals surface area contributed by atoms with Gasteiger partial charge in [-0.1, -0.05) is 0 Å². The summed E-state index contributed by atoms with van der Waals surface area (Å²) in [4.78, 5) is 2.64. The third-order valence-electron chi connectivity index (χ3n) is 6.28. The third-order valence-corrected chi connectivity index (χ3v) is 15.7. The molecule has 0 aliphatic carbocycles. The van der Waals surface area contributed by atoms with Gasteiger partial charge >= 0.3 is 193 Å². The van der Waals surface area contributed by atoms with Crippen LogP contribution in [0.1, 0.15) is 64.7 Å². The van der Waals surface area contributed by atoms with Gasteiger partial charge < -0.3 is 0 Å². The van der Waals surface area contributed by atoms with E-state index in [2.05, 4.69) is 109 Å². The molecule has 0 N–H and O–H groups in total. The molecule has 3 aromatic carbocycles. The number of unbranched alkanes of at least 4 members (excludes halogenated alkanes) is 8. The summed E-state index contributed by atoms with van der Waals surface area (Å²) in [5.41, 5.74) is 0. The van der Waals surface area contributed by atoms with E-state index < -0.39 is 13.3 Å². The number of rotatable bonds is 13. The first-order chi connectivity index (χ1) is 15.4. The van der Waals surface area contributed by atoms with Gasteiger partial charge in [-0.25, -0.2) is 0 Å². The Hall–Kier alpha value is -2.06. The fourth-order valence-electron chi connectivity index (χ4n) is 4.55. The molecule has 0 bridgehead atoms. The molecular formula is C30H38Ge. The van der Waals surface area contributed by atoms with Crippen LogP contribution in [0.5, 0.6) is 0 Å². The zero-order valence-corrected chi connectivity index (χ0v) is 21.3. The summed E-state index contributed by atoms with van der Waals surface area (Å²) >= 11 is -2.87. The van der Waals surface area contributed by atoms with Gasteiger partial charge in [-0.05, 0) is 0 Å². The van der Waals surface area contributed by atoms with Crippen LogP contribution in [0.2, 0.25) is 0 Å². The molecule has 0 aliphatic heterocycles. The summed E-state index contributed by atoms with van der Waals surface area (Å²) in [7, 11) is 0. The number of allylic oxidation sites excluding steroid dienone is 1. The van der Waals surface area contributed by atoms with E-state index in [4.69, 9.17) is 0 Å². The van der Waals surface area contributed by atoms with Crippen LogP contribution in [0.4, 0.5) is 0 Å². The Balaban J connectivity index is 1.78. The molecule has 162 valence electrons. The summed E-state index contributed by atoms with van der Waals surface area (Å²) in [6.07, 6.45) is 14.7. The van der Waals surface area contributed by atoms with Gasteiger partial charge in [-0.15, -0.1) is 0 Å². The monoisotopic (exact) mass is 472 g/mol. The van der Waals surface area contributed by atoms with Gasteiger partial charge in [0.05, 0.1) is 0 Å². The van der Waals surface area contributed by atoms with Crippen LogP contribution in [0.15, 0.2) is 102 Å². The van der Waals surface area contributed by atoms with Crippen molar-refractivity contribution in [2.24, 2.45) is 0 Å². The van der Waals surface area contributed by atoms with Crippen molar-refractivity contribution in [3.05, 3.63) is 102 Å². The van der Waals surface area contributed by atoms with Crippen molar-refractivity contribution in [3.63, 3.8) is 0 Å². The number of hydrogen-bond acceptors (Lipinski definition) is 0. The molecule has 0 aliphatic rings. The molecule has 0 nitrogen and oxygen atoms in total. The molecule has 0 aromatic heterocycles. The van der Waals surface area contributed by atoms with Crippen LogP contribution >= 0.6 is 0 Å². The summed E-state index contributed by atoms with van der Waals surface area (Å²) < 4.78 is 4.52. The minimum atomic E-state index is -2.87. The standard InChI is InChI=1S/C30H38Ge/c1-2-3-4-5-6-7-8-9-10-20-27-31(28-21-14-11-15-22-28,29-23-16-12-17-24-29)30-25-18-13-19-26-30/h11-27H,2-10H2,1H3/b27-20-. The molecule has 0 radical (unpaired) electrons. The summed E-state index contributed by atoms with van der Waals surface area (Å²) in [5, 5.41) is 0. The fourth-order valence-corrected chi connectivity index (χ4v) is 13.5. The van der Waals surface area contributed by atoms with Crippen LogP contribution in [0.3, 0.4) is 0 Å². The zero-order chi connectivity index (χ0) is 21.6. The predicted molar refractivity (Wildman–Crippen MR) is 140 cm³/mol. The van der Waals surface area contributed by atoms with Crippen molar-refractivity contribution in [2.45, 2.75) is 64.7 Å². The molecule has 0 amide bonds. The molecule has 0 spiro atoms. The second-order valence-electron chi connectivity index (χ2n) is 8.57. The molecular weight excluding hydrogens is 433 g/mol. The van der Waals surface area contributed by atoms with E-state index in [1.807, 2.05) is 0 Å². The topological polar surface area (TPSA) is 0 Å². The fraction of sp³-hybridized carbons (Fsp3) is 0.333. The predicted octanol–water partition coefficient (Wildman–Crippen LogP) is 6.78. The van der Waals surface area contributed by atoms with E-state index in [0.29, 0.717) is 0 Å². The van der Waals surface area contributed by atoms with Crippen LogP contribution in [0, 0.1) is 0 Å². The normalized spacial score (nSPS) is 11.8. The van der Waals surface area contributed by atoms with Gasteiger partial charge in [0.1, 0.15) is 0 Å². The van der Waals surface area contributed by atoms with Crippen molar-refractivity contribution < 1.29 is 0 Å². The van der Waals surface area contributed by atoms with Gasteiger partial charge in [-0.2, -0.15) is 0 Å². The molecule has 3 aromatic rings. The Kier molecular flexibility index (Phi) is 10.2. The van der Waals surface area contributed by atoms with E-state index in [0.717, 1.165) is 0 Å². The van der Waals surface area contributed by atoms with Gasteiger partial charge in [0.2, 0.25) is 0 Å². The van der Waals surface area contributed by atoms with E-state index in [9.17, 15) is 0 Å².